The number of aliphatic carboxylic acids is 1. The first-order chi connectivity index (χ1) is 11.4. The second kappa shape index (κ2) is 6.52. The Morgan fingerprint density at radius 3 is 2.83 bits per heavy atom. The second-order valence-corrected chi connectivity index (χ2v) is 7.28. The average molecular weight is 347 g/mol. The van der Waals surface area contributed by atoms with Gasteiger partial charge < -0.3 is 9.84 Å². The van der Waals surface area contributed by atoms with Crippen molar-refractivity contribution in [2.75, 3.05) is 11.3 Å². The van der Waals surface area contributed by atoms with Gasteiger partial charge in [-0.25, -0.2) is 8.42 Å². The van der Waals surface area contributed by atoms with Crippen molar-refractivity contribution in [1.29, 1.82) is 0 Å². The number of carbonyl (C=O) groups is 1. The SMILES string of the molecule is O=C(O)Cc1cccc(NS(=O)(=O)c2ccc3c(c2)CCCO3)c1. The van der Waals surface area contributed by atoms with Crippen LogP contribution in [0, 0.1) is 0 Å². The van der Waals surface area contributed by atoms with E-state index in [9.17, 15) is 13.2 Å². The van der Waals surface area contributed by atoms with Crippen molar-refractivity contribution in [3.05, 3.63) is 53.6 Å². The van der Waals surface area contributed by atoms with E-state index in [4.69, 9.17) is 9.84 Å². The number of anilines is 1. The lowest BCUT2D eigenvalue weighted by molar-refractivity contribution is -0.136. The Bertz CT molecular complexity index is 876. The van der Waals surface area contributed by atoms with E-state index in [1.807, 2.05) is 0 Å². The molecule has 1 aliphatic rings. The van der Waals surface area contributed by atoms with E-state index in [0.717, 1.165) is 24.2 Å². The number of carboxylic acids is 1. The number of rotatable bonds is 5. The molecule has 126 valence electrons. The Kier molecular flexibility index (Phi) is 4.44. The molecule has 0 aliphatic carbocycles. The Balaban J connectivity index is 1.85. The minimum absolute atomic E-state index is 0.161. The Morgan fingerprint density at radius 2 is 2.04 bits per heavy atom. The van der Waals surface area contributed by atoms with Crippen molar-refractivity contribution in [3.8, 4) is 5.75 Å². The third-order valence-electron chi connectivity index (χ3n) is 3.72. The fraction of sp³-hybridized carbons (Fsp3) is 0.235. The topological polar surface area (TPSA) is 92.7 Å². The Labute approximate surface area is 140 Å². The normalized spacial score (nSPS) is 13.7. The molecule has 0 amide bonds. The first kappa shape index (κ1) is 16.3. The van der Waals surface area contributed by atoms with Gasteiger partial charge in [-0.1, -0.05) is 12.1 Å². The maximum Gasteiger partial charge on any atom is 0.307 e. The van der Waals surface area contributed by atoms with E-state index in [1.165, 1.54) is 12.1 Å². The molecule has 2 aromatic carbocycles. The number of benzene rings is 2. The van der Waals surface area contributed by atoms with Crippen LogP contribution in [0.2, 0.25) is 0 Å². The zero-order valence-corrected chi connectivity index (χ0v) is 13.7. The summed E-state index contributed by atoms with van der Waals surface area (Å²) < 4.78 is 33.1. The molecule has 0 radical (unpaired) electrons. The van der Waals surface area contributed by atoms with Gasteiger partial charge in [-0.05, 0) is 54.3 Å². The van der Waals surface area contributed by atoms with E-state index < -0.39 is 16.0 Å². The summed E-state index contributed by atoms with van der Waals surface area (Å²) in [4.78, 5) is 10.9. The number of ether oxygens (including phenoxy) is 1. The molecular weight excluding hydrogens is 330 g/mol. The van der Waals surface area contributed by atoms with Gasteiger partial charge in [0.15, 0.2) is 0 Å². The lowest BCUT2D eigenvalue weighted by atomic mass is 10.1. The molecule has 6 nitrogen and oxygen atoms in total. The molecule has 0 unspecified atom stereocenters. The second-order valence-electron chi connectivity index (χ2n) is 5.60. The number of fused-ring (bicyclic) bond motifs is 1. The molecule has 0 spiro atoms. The molecule has 0 atom stereocenters. The third kappa shape index (κ3) is 3.68. The van der Waals surface area contributed by atoms with Crippen LogP contribution in [0.3, 0.4) is 0 Å². The maximum absolute atomic E-state index is 12.6. The molecule has 0 aromatic heterocycles. The predicted octanol–water partition coefficient (Wildman–Crippen LogP) is 2.44. The quantitative estimate of drug-likeness (QED) is 0.866. The van der Waals surface area contributed by atoms with Crippen LogP contribution in [0.4, 0.5) is 5.69 Å². The zero-order chi connectivity index (χ0) is 17.2. The summed E-state index contributed by atoms with van der Waals surface area (Å²) in [5.74, 6) is -0.242. The van der Waals surface area contributed by atoms with Crippen molar-refractivity contribution in [2.24, 2.45) is 0 Å². The minimum Gasteiger partial charge on any atom is -0.493 e. The summed E-state index contributed by atoms with van der Waals surface area (Å²) in [6.45, 7) is 0.647. The van der Waals surface area contributed by atoms with Crippen LogP contribution in [0.15, 0.2) is 47.4 Å². The van der Waals surface area contributed by atoms with Crippen molar-refractivity contribution in [1.82, 2.24) is 0 Å². The number of sulfonamides is 1. The highest BCUT2D eigenvalue weighted by Crippen LogP contribution is 2.28. The van der Waals surface area contributed by atoms with E-state index in [0.29, 0.717) is 17.9 Å². The highest BCUT2D eigenvalue weighted by Gasteiger charge is 2.18. The van der Waals surface area contributed by atoms with Crippen LogP contribution in [-0.4, -0.2) is 26.1 Å². The molecule has 0 saturated carbocycles. The van der Waals surface area contributed by atoms with E-state index >= 15 is 0 Å². The van der Waals surface area contributed by atoms with Gasteiger partial charge in [0.25, 0.3) is 10.0 Å². The van der Waals surface area contributed by atoms with Crippen LogP contribution in [0.1, 0.15) is 17.5 Å². The Morgan fingerprint density at radius 1 is 1.21 bits per heavy atom. The van der Waals surface area contributed by atoms with Crippen LogP contribution >= 0.6 is 0 Å². The Hall–Kier alpha value is -2.54. The summed E-state index contributed by atoms with van der Waals surface area (Å²) in [7, 11) is -3.75. The molecule has 2 aromatic rings. The molecule has 24 heavy (non-hydrogen) atoms. The molecule has 0 saturated heterocycles. The van der Waals surface area contributed by atoms with Crippen LogP contribution in [0.25, 0.3) is 0 Å². The summed E-state index contributed by atoms with van der Waals surface area (Å²) in [5.41, 5.74) is 1.74. The average Bonchev–Trinajstić information content (AvgIpc) is 2.53. The van der Waals surface area contributed by atoms with E-state index in [-0.39, 0.29) is 11.3 Å². The van der Waals surface area contributed by atoms with Gasteiger partial charge in [0, 0.05) is 5.69 Å². The summed E-state index contributed by atoms with van der Waals surface area (Å²) >= 11 is 0. The lowest BCUT2D eigenvalue weighted by Gasteiger charge is -2.18. The molecule has 7 heteroatoms. The largest absolute Gasteiger partial charge is 0.493 e. The fourth-order valence-electron chi connectivity index (χ4n) is 2.64. The molecule has 3 rings (SSSR count). The number of nitrogens with one attached hydrogen (secondary N) is 1. The van der Waals surface area contributed by atoms with Gasteiger partial charge >= 0.3 is 5.97 Å². The van der Waals surface area contributed by atoms with Crippen molar-refractivity contribution >= 4 is 21.7 Å². The smallest absolute Gasteiger partial charge is 0.307 e. The zero-order valence-electron chi connectivity index (χ0n) is 12.9. The van der Waals surface area contributed by atoms with Gasteiger partial charge in [0.1, 0.15) is 5.75 Å². The van der Waals surface area contributed by atoms with Gasteiger partial charge in [-0.15, -0.1) is 0 Å². The fourth-order valence-corrected chi connectivity index (χ4v) is 3.74. The van der Waals surface area contributed by atoms with Crippen LogP contribution in [0.5, 0.6) is 5.75 Å². The van der Waals surface area contributed by atoms with Gasteiger partial charge in [0.2, 0.25) is 0 Å². The molecule has 1 heterocycles. The molecule has 0 fully saturated rings. The van der Waals surface area contributed by atoms with Crippen molar-refractivity contribution in [2.45, 2.75) is 24.2 Å². The van der Waals surface area contributed by atoms with E-state index in [1.54, 1.807) is 30.3 Å². The summed E-state index contributed by atoms with van der Waals surface area (Å²) in [5, 5.41) is 8.83. The number of aryl methyl sites for hydroxylation is 1. The maximum atomic E-state index is 12.6. The first-order valence-corrected chi connectivity index (χ1v) is 9.02. The van der Waals surface area contributed by atoms with Crippen molar-refractivity contribution in [3.63, 3.8) is 0 Å². The standard InChI is InChI=1S/C17H17NO5S/c19-17(20)10-12-3-1-5-14(9-12)18-24(21,22)15-6-7-16-13(11-15)4-2-8-23-16/h1,3,5-7,9,11,18H,2,4,8,10H2,(H,19,20). The number of carboxylic acid groups (broad SMARTS) is 1. The molecule has 2 N–H and O–H groups in total. The third-order valence-corrected chi connectivity index (χ3v) is 5.10. The molecule has 0 bridgehead atoms. The first-order valence-electron chi connectivity index (χ1n) is 7.53. The monoisotopic (exact) mass is 347 g/mol. The molecule has 1 aliphatic heterocycles. The van der Waals surface area contributed by atoms with Crippen LogP contribution < -0.4 is 9.46 Å². The minimum atomic E-state index is -3.75. The highest BCUT2D eigenvalue weighted by molar-refractivity contribution is 7.92. The van der Waals surface area contributed by atoms with Gasteiger partial charge in [-0.2, -0.15) is 0 Å². The molecular formula is C17H17NO5S. The highest BCUT2D eigenvalue weighted by atomic mass is 32.2. The predicted molar refractivity (Wildman–Crippen MR) is 88.8 cm³/mol. The van der Waals surface area contributed by atoms with E-state index in [2.05, 4.69) is 4.72 Å². The number of hydrogen-bond acceptors (Lipinski definition) is 4. The summed E-state index contributed by atoms with van der Waals surface area (Å²) in [6, 6.07) is 11.2. The number of hydrogen-bond donors (Lipinski definition) is 2. The van der Waals surface area contributed by atoms with Gasteiger partial charge in [-0.3, -0.25) is 9.52 Å². The lowest BCUT2D eigenvalue weighted by Crippen LogP contribution is -2.15. The summed E-state index contributed by atoms with van der Waals surface area (Å²) in [6.07, 6.45) is 1.49. The van der Waals surface area contributed by atoms with Crippen LogP contribution in [-0.2, 0) is 27.7 Å². The van der Waals surface area contributed by atoms with Crippen molar-refractivity contribution < 1.29 is 23.1 Å². The van der Waals surface area contributed by atoms with Gasteiger partial charge in [0.05, 0.1) is 17.9 Å².